The Labute approximate surface area is 135 Å². The van der Waals surface area contributed by atoms with Gasteiger partial charge in [0, 0.05) is 26.2 Å². The van der Waals surface area contributed by atoms with Crippen LogP contribution in [0.15, 0.2) is 60.7 Å². The van der Waals surface area contributed by atoms with Crippen molar-refractivity contribution in [2.24, 2.45) is 0 Å². The molecule has 0 spiro atoms. The lowest BCUT2D eigenvalue weighted by Crippen LogP contribution is -2.34. The Balaban J connectivity index is 1.84. The summed E-state index contributed by atoms with van der Waals surface area (Å²) in [5.74, 6) is 0. The van der Waals surface area contributed by atoms with E-state index < -0.39 is 0 Å². The Morgan fingerprint density at radius 1 is 0.591 bits per heavy atom. The van der Waals surface area contributed by atoms with Gasteiger partial charge in [-0.25, -0.2) is 0 Å². The maximum absolute atomic E-state index is 2.58. The van der Waals surface area contributed by atoms with E-state index in [9.17, 15) is 0 Å². The molecule has 2 aromatic rings. The van der Waals surface area contributed by atoms with Gasteiger partial charge in [-0.1, -0.05) is 60.7 Å². The summed E-state index contributed by atoms with van der Waals surface area (Å²) in [6.07, 6.45) is 2.26. The minimum atomic E-state index is 1.11. The van der Waals surface area contributed by atoms with Gasteiger partial charge in [-0.05, 0) is 38.1 Å². The van der Waals surface area contributed by atoms with Crippen molar-refractivity contribution >= 4 is 0 Å². The van der Waals surface area contributed by atoms with E-state index in [1.807, 2.05) is 0 Å². The number of rotatable bonds is 9. The summed E-state index contributed by atoms with van der Waals surface area (Å²) in [5, 5.41) is 0. The van der Waals surface area contributed by atoms with E-state index in [1.54, 1.807) is 0 Å². The van der Waals surface area contributed by atoms with Crippen LogP contribution in [0, 0.1) is 0 Å². The van der Waals surface area contributed by atoms with Gasteiger partial charge in [-0.3, -0.25) is 0 Å². The van der Waals surface area contributed by atoms with Crippen molar-refractivity contribution in [1.29, 1.82) is 0 Å². The minimum absolute atomic E-state index is 1.11. The molecule has 2 aromatic carbocycles. The third-order valence-corrected chi connectivity index (χ3v) is 3.98. The number of likely N-dealkylation sites (N-methyl/N-ethyl adjacent to an activating group) is 1. The van der Waals surface area contributed by atoms with Gasteiger partial charge in [0.1, 0.15) is 0 Å². The smallest absolute Gasteiger partial charge is 0.0109 e. The molecule has 0 atom stereocenters. The summed E-state index contributed by atoms with van der Waals surface area (Å²) in [7, 11) is 4.29. The molecule has 0 N–H and O–H groups in total. The molecule has 0 radical (unpaired) electrons. The number of hydrogen-bond acceptors (Lipinski definition) is 2. The summed E-state index contributed by atoms with van der Waals surface area (Å²) in [5.41, 5.74) is 2.86. The van der Waals surface area contributed by atoms with Gasteiger partial charge in [0.05, 0.1) is 0 Å². The molecule has 0 unspecified atom stereocenters. The molecule has 118 valence electrons. The van der Waals surface area contributed by atoms with Crippen LogP contribution in [0.25, 0.3) is 0 Å². The van der Waals surface area contributed by atoms with Crippen LogP contribution in [0.1, 0.15) is 11.1 Å². The molecule has 0 amide bonds. The average molecular weight is 296 g/mol. The Morgan fingerprint density at radius 3 is 1.45 bits per heavy atom. The Bertz CT molecular complexity index is 464. The highest BCUT2D eigenvalue weighted by Gasteiger charge is 2.06. The largest absolute Gasteiger partial charge is 0.308 e. The van der Waals surface area contributed by atoms with Crippen LogP contribution in [0.4, 0.5) is 0 Å². The molecule has 2 heteroatoms. The normalized spacial score (nSPS) is 11.3. The van der Waals surface area contributed by atoms with Crippen LogP contribution >= 0.6 is 0 Å². The predicted molar refractivity (Wildman–Crippen MR) is 95.3 cm³/mol. The van der Waals surface area contributed by atoms with Crippen molar-refractivity contribution in [1.82, 2.24) is 9.80 Å². The van der Waals surface area contributed by atoms with E-state index in [0.717, 1.165) is 39.0 Å². The van der Waals surface area contributed by atoms with Crippen LogP contribution in [-0.2, 0) is 12.8 Å². The quantitative estimate of drug-likeness (QED) is 0.700. The van der Waals surface area contributed by atoms with Crippen molar-refractivity contribution in [3.05, 3.63) is 71.8 Å². The number of nitrogens with zero attached hydrogens (tertiary/aromatic N) is 2. The molecule has 0 aliphatic rings. The lowest BCUT2D eigenvalue weighted by Gasteiger charge is -2.24. The zero-order valence-electron chi connectivity index (χ0n) is 13.9. The zero-order chi connectivity index (χ0) is 15.6. The van der Waals surface area contributed by atoms with Crippen molar-refractivity contribution in [2.45, 2.75) is 12.8 Å². The second kappa shape index (κ2) is 9.39. The first-order chi connectivity index (χ1) is 10.7. The standard InChI is InChI=1S/C20H28N2/c1-21(2)17-18-22(15-13-19-9-5-3-6-10-19)16-14-20-11-7-4-8-12-20/h3-12H,13-18H2,1-2H3. The summed E-state index contributed by atoms with van der Waals surface area (Å²) in [6.45, 7) is 4.51. The lowest BCUT2D eigenvalue weighted by molar-refractivity contribution is 0.245. The van der Waals surface area contributed by atoms with E-state index in [1.165, 1.54) is 11.1 Å². The van der Waals surface area contributed by atoms with Crippen LogP contribution in [0.2, 0.25) is 0 Å². The second-order valence-corrected chi connectivity index (χ2v) is 6.12. The first-order valence-electron chi connectivity index (χ1n) is 8.19. The molecule has 0 aliphatic heterocycles. The van der Waals surface area contributed by atoms with Gasteiger partial charge in [-0.15, -0.1) is 0 Å². The monoisotopic (exact) mass is 296 g/mol. The third-order valence-electron chi connectivity index (χ3n) is 3.98. The molecule has 2 rings (SSSR count). The van der Waals surface area contributed by atoms with E-state index in [0.29, 0.717) is 0 Å². The molecule has 22 heavy (non-hydrogen) atoms. The Hall–Kier alpha value is -1.64. The number of hydrogen-bond donors (Lipinski definition) is 0. The van der Waals surface area contributed by atoms with Gasteiger partial charge in [-0.2, -0.15) is 0 Å². The zero-order valence-corrected chi connectivity index (χ0v) is 13.9. The van der Waals surface area contributed by atoms with Gasteiger partial charge in [0.15, 0.2) is 0 Å². The van der Waals surface area contributed by atoms with Crippen LogP contribution in [0.3, 0.4) is 0 Å². The molecular formula is C20H28N2. The fourth-order valence-corrected chi connectivity index (χ4v) is 2.54. The minimum Gasteiger partial charge on any atom is -0.308 e. The Kier molecular flexibility index (Phi) is 7.14. The topological polar surface area (TPSA) is 6.48 Å². The first-order valence-corrected chi connectivity index (χ1v) is 8.19. The van der Waals surface area contributed by atoms with Crippen molar-refractivity contribution in [2.75, 3.05) is 40.3 Å². The predicted octanol–water partition coefficient (Wildman–Crippen LogP) is 3.34. The SMILES string of the molecule is CN(C)CCN(CCc1ccccc1)CCc1ccccc1. The van der Waals surface area contributed by atoms with Crippen LogP contribution in [0.5, 0.6) is 0 Å². The fourth-order valence-electron chi connectivity index (χ4n) is 2.54. The summed E-state index contributed by atoms with van der Waals surface area (Å²) < 4.78 is 0. The maximum Gasteiger partial charge on any atom is 0.0109 e. The van der Waals surface area contributed by atoms with E-state index in [4.69, 9.17) is 0 Å². The van der Waals surface area contributed by atoms with E-state index >= 15 is 0 Å². The fraction of sp³-hybridized carbons (Fsp3) is 0.400. The third kappa shape index (κ3) is 6.42. The first kappa shape index (κ1) is 16.7. The average Bonchev–Trinajstić information content (AvgIpc) is 2.56. The molecular weight excluding hydrogens is 268 g/mol. The second-order valence-electron chi connectivity index (χ2n) is 6.12. The molecule has 0 aliphatic carbocycles. The van der Waals surface area contributed by atoms with Gasteiger partial charge in [0.25, 0.3) is 0 Å². The lowest BCUT2D eigenvalue weighted by atomic mass is 10.1. The molecule has 2 nitrogen and oxygen atoms in total. The molecule has 0 saturated carbocycles. The molecule has 0 aromatic heterocycles. The molecule has 0 heterocycles. The Morgan fingerprint density at radius 2 is 1.05 bits per heavy atom. The highest BCUT2D eigenvalue weighted by Crippen LogP contribution is 2.05. The molecule has 0 saturated heterocycles. The summed E-state index contributed by atoms with van der Waals surface area (Å²) in [4.78, 5) is 4.85. The van der Waals surface area contributed by atoms with Crippen LogP contribution in [-0.4, -0.2) is 50.1 Å². The van der Waals surface area contributed by atoms with Gasteiger partial charge in [0.2, 0.25) is 0 Å². The van der Waals surface area contributed by atoms with E-state index in [-0.39, 0.29) is 0 Å². The van der Waals surface area contributed by atoms with Crippen molar-refractivity contribution in [3.63, 3.8) is 0 Å². The highest BCUT2D eigenvalue weighted by atomic mass is 15.2. The molecule has 0 fully saturated rings. The maximum atomic E-state index is 2.58. The van der Waals surface area contributed by atoms with E-state index in [2.05, 4.69) is 84.6 Å². The van der Waals surface area contributed by atoms with Crippen molar-refractivity contribution in [3.8, 4) is 0 Å². The van der Waals surface area contributed by atoms with Gasteiger partial charge >= 0.3 is 0 Å². The highest BCUT2D eigenvalue weighted by molar-refractivity contribution is 5.16. The molecule has 0 bridgehead atoms. The summed E-state index contributed by atoms with van der Waals surface area (Å²) >= 11 is 0. The van der Waals surface area contributed by atoms with Crippen molar-refractivity contribution < 1.29 is 0 Å². The number of benzene rings is 2. The van der Waals surface area contributed by atoms with Gasteiger partial charge < -0.3 is 9.80 Å². The summed E-state index contributed by atoms with van der Waals surface area (Å²) in [6, 6.07) is 21.6. The van der Waals surface area contributed by atoms with Crippen LogP contribution < -0.4 is 0 Å².